The van der Waals surface area contributed by atoms with E-state index in [4.69, 9.17) is 21.1 Å². The highest BCUT2D eigenvalue weighted by Crippen LogP contribution is 2.36. The Morgan fingerprint density at radius 2 is 1.70 bits per heavy atom. The number of nitrogens with zero attached hydrogens (tertiary/aromatic N) is 1. The van der Waals surface area contributed by atoms with Crippen molar-refractivity contribution < 1.29 is 22.7 Å². The van der Waals surface area contributed by atoms with Crippen LogP contribution in [0, 0.1) is 13.8 Å². The van der Waals surface area contributed by atoms with Gasteiger partial charge in [0.05, 0.1) is 24.1 Å². The first-order valence-electron chi connectivity index (χ1n) is 9.44. The topological polar surface area (TPSA) is 84.9 Å². The largest absolute Gasteiger partial charge is 0.493 e. The number of methoxy groups -OCH3 is 2. The lowest BCUT2D eigenvalue weighted by atomic mass is 10.1. The van der Waals surface area contributed by atoms with Crippen LogP contribution in [-0.4, -0.2) is 45.9 Å². The van der Waals surface area contributed by atoms with Gasteiger partial charge in [-0.3, -0.25) is 4.79 Å². The lowest BCUT2D eigenvalue weighted by Crippen LogP contribution is -2.30. The smallest absolute Gasteiger partial charge is 0.255 e. The zero-order valence-corrected chi connectivity index (χ0v) is 19.6. The van der Waals surface area contributed by atoms with E-state index in [-0.39, 0.29) is 15.5 Å². The molecular formula is C21H27ClN2O5S. The van der Waals surface area contributed by atoms with Crippen molar-refractivity contribution in [2.75, 3.05) is 32.6 Å². The minimum absolute atomic E-state index is 0.134. The van der Waals surface area contributed by atoms with E-state index in [9.17, 15) is 13.2 Å². The van der Waals surface area contributed by atoms with Gasteiger partial charge in [0.15, 0.2) is 11.5 Å². The second-order valence-electron chi connectivity index (χ2n) is 6.65. The molecule has 0 bridgehead atoms. The lowest BCUT2D eigenvalue weighted by Gasteiger charge is -2.20. The van der Waals surface area contributed by atoms with Gasteiger partial charge in [0.25, 0.3) is 5.91 Å². The van der Waals surface area contributed by atoms with Gasteiger partial charge < -0.3 is 14.8 Å². The van der Waals surface area contributed by atoms with E-state index < -0.39 is 15.9 Å². The predicted molar refractivity (Wildman–Crippen MR) is 119 cm³/mol. The minimum Gasteiger partial charge on any atom is -0.493 e. The highest BCUT2D eigenvalue weighted by Gasteiger charge is 2.24. The maximum Gasteiger partial charge on any atom is 0.255 e. The lowest BCUT2D eigenvalue weighted by molar-refractivity contribution is 0.102. The molecule has 0 aliphatic rings. The Morgan fingerprint density at radius 1 is 1.07 bits per heavy atom. The standard InChI is InChI=1S/C21H27ClN2O5S/c1-7-24(8-2)30(26,27)16-9-13(3)14(4)18(12-16)23-21(25)15-10-17(22)20(29-6)19(11-15)28-5/h9-12H,7-8H2,1-6H3,(H,23,25). The molecule has 1 amide bonds. The van der Waals surface area contributed by atoms with Crippen LogP contribution in [0.25, 0.3) is 0 Å². The number of ether oxygens (including phenoxy) is 2. The Balaban J connectivity index is 2.47. The van der Waals surface area contributed by atoms with Gasteiger partial charge in [0, 0.05) is 24.3 Å². The van der Waals surface area contributed by atoms with E-state index in [1.165, 1.54) is 36.7 Å². The molecule has 0 unspecified atom stereocenters. The van der Waals surface area contributed by atoms with Crippen molar-refractivity contribution in [3.8, 4) is 11.5 Å². The van der Waals surface area contributed by atoms with Crippen molar-refractivity contribution in [2.24, 2.45) is 0 Å². The third kappa shape index (κ3) is 4.71. The van der Waals surface area contributed by atoms with Crippen LogP contribution in [0.2, 0.25) is 5.02 Å². The molecule has 0 atom stereocenters. The van der Waals surface area contributed by atoms with Gasteiger partial charge >= 0.3 is 0 Å². The van der Waals surface area contributed by atoms with Gasteiger partial charge in [0.2, 0.25) is 10.0 Å². The molecule has 0 heterocycles. The number of anilines is 1. The molecule has 30 heavy (non-hydrogen) atoms. The quantitative estimate of drug-likeness (QED) is 0.644. The molecule has 2 rings (SSSR count). The predicted octanol–water partition coefficient (Wildman–Crippen LogP) is 4.26. The fourth-order valence-corrected chi connectivity index (χ4v) is 4.92. The van der Waals surface area contributed by atoms with Crippen molar-refractivity contribution in [1.29, 1.82) is 0 Å². The number of carbonyl (C=O) groups excluding carboxylic acids is 1. The van der Waals surface area contributed by atoms with Crippen molar-refractivity contribution >= 4 is 33.2 Å². The van der Waals surface area contributed by atoms with Crippen LogP contribution in [0.4, 0.5) is 5.69 Å². The molecule has 0 radical (unpaired) electrons. The molecule has 1 N–H and O–H groups in total. The Hall–Kier alpha value is -2.29. The summed E-state index contributed by atoms with van der Waals surface area (Å²) >= 11 is 6.20. The first-order chi connectivity index (χ1) is 14.1. The Kier molecular flexibility index (Phi) is 7.74. The highest BCUT2D eigenvalue weighted by molar-refractivity contribution is 7.89. The van der Waals surface area contributed by atoms with Gasteiger partial charge in [-0.1, -0.05) is 25.4 Å². The summed E-state index contributed by atoms with van der Waals surface area (Å²) in [6.45, 7) is 7.91. The number of hydrogen-bond donors (Lipinski definition) is 1. The van der Waals surface area contributed by atoms with Gasteiger partial charge in [-0.2, -0.15) is 4.31 Å². The first-order valence-corrected chi connectivity index (χ1v) is 11.3. The van der Waals surface area contributed by atoms with Crippen molar-refractivity contribution in [3.63, 3.8) is 0 Å². The molecule has 0 aliphatic heterocycles. The van der Waals surface area contributed by atoms with Crippen LogP contribution in [0.15, 0.2) is 29.2 Å². The summed E-state index contributed by atoms with van der Waals surface area (Å²) in [6.07, 6.45) is 0. The highest BCUT2D eigenvalue weighted by atomic mass is 35.5. The Morgan fingerprint density at radius 3 is 2.23 bits per heavy atom. The van der Waals surface area contributed by atoms with Crippen LogP contribution in [0.5, 0.6) is 11.5 Å². The average Bonchev–Trinajstić information content (AvgIpc) is 2.70. The zero-order valence-electron chi connectivity index (χ0n) is 18.0. The summed E-state index contributed by atoms with van der Waals surface area (Å²) in [5, 5.41) is 3.02. The number of nitrogens with one attached hydrogen (secondary N) is 1. The second kappa shape index (κ2) is 9.68. The summed E-state index contributed by atoms with van der Waals surface area (Å²) in [4.78, 5) is 13.0. The van der Waals surface area contributed by atoms with Crippen molar-refractivity contribution in [2.45, 2.75) is 32.6 Å². The van der Waals surface area contributed by atoms with Crippen molar-refractivity contribution in [3.05, 3.63) is 46.0 Å². The summed E-state index contributed by atoms with van der Waals surface area (Å²) in [6, 6.07) is 6.08. The molecule has 9 heteroatoms. The van der Waals surface area contributed by atoms with Crippen LogP contribution < -0.4 is 14.8 Å². The van der Waals surface area contributed by atoms with Crippen LogP contribution >= 0.6 is 11.6 Å². The molecule has 0 fully saturated rings. The van der Waals surface area contributed by atoms with E-state index >= 15 is 0 Å². The number of rotatable bonds is 8. The maximum absolute atomic E-state index is 12.9. The number of carbonyl (C=O) groups is 1. The number of hydrogen-bond acceptors (Lipinski definition) is 5. The maximum atomic E-state index is 12.9. The van der Waals surface area contributed by atoms with Gasteiger partial charge in [-0.15, -0.1) is 0 Å². The van der Waals surface area contributed by atoms with E-state index in [0.29, 0.717) is 30.3 Å². The van der Waals surface area contributed by atoms with E-state index in [0.717, 1.165) is 11.1 Å². The van der Waals surface area contributed by atoms with Crippen LogP contribution in [0.3, 0.4) is 0 Å². The monoisotopic (exact) mass is 454 g/mol. The molecule has 0 aromatic heterocycles. The van der Waals surface area contributed by atoms with Gasteiger partial charge in [0.1, 0.15) is 0 Å². The minimum atomic E-state index is -3.67. The second-order valence-corrected chi connectivity index (χ2v) is 8.99. The summed E-state index contributed by atoms with van der Waals surface area (Å²) in [7, 11) is -0.760. The molecule has 0 saturated heterocycles. The zero-order chi connectivity index (χ0) is 22.6. The fraction of sp³-hybridized carbons (Fsp3) is 0.381. The van der Waals surface area contributed by atoms with Crippen LogP contribution in [-0.2, 0) is 10.0 Å². The van der Waals surface area contributed by atoms with Crippen molar-refractivity contribution in [1.82, 2.24) is 4.31 Å². The molecule has 164 valence electrons. The molecule has 0 spiro atoms. The molecule has 2 aromatic carbocycles. The average molecular weight is 455 g/mol. The van der Waals surface area contributed by atoms with E-state index in [2.05, 4.69) is 5.32 Å². The Labute approximate surface area is 183 Å². The number of sulfonamides is 1. The number of halogens is 1. The fourth-order valence-electron chi connectivity index (χ4n) is 3.06. The number of amides is 1. The van der Waals surface area contributed by atoms with Gasteiger partial charge in [-0.25, -0.2) is 8.42 Å². The number of aryl methyl sites for hydroxylation is 1. The van der Waals surface area contributed by atoms with Crippen LogP contribution in [0.1, 0.15) is 35.3 Å². The third-order valence-electron chi connectivity index (χ3n) is 4.93. The normalized spacial score (nSPS) is 11.5. The molecule has 2 aromatic rings. The molecule has 0 saturated carbocycles. The van der Waals surface area contributed by atoms with Gasteiger partial charge in [-0.05, 0) is 49.2 Å². The molecule has 7 nitrogen and oxygen atoms in total. The molecular weight excluding hydrogens is 428 g/mol. The summed E-state index contributed by atoms with van der Waals surface area (Å²) < 4.78 is 37.7. The van der Waals surface area contributed by atoms with E-state index in [1.54, 1.807) is 26.8 Å². The third-order valence-corrected chi connectivity index (χ3v) is 7.24. The summed E-state index contributed by atoms with van der Waals surface area (Å²) in [5.41, 5.74) is 2.20. The number of benzene rings is 2. The first kappa shape index (κ1) is 24.0. The SMILES string of the molecule is CCN(CC)S(=O)(=O)c1cc(C)c(C)c(NC(=O)c2cc(Cl)c(OC)c(OC)c2)c1. The summed E-state index contributed by atoms with van der Waals surface area (Å²) in [5.74, 6) is 0.203. The Bertz CT molecular complexity index is 1050. The van der Waals surface area contributed by atoms with E-state index in [1.807, 2.05) is 6.92 Å². The molecule has 0 aliphatic carbocycles.